The van der Waals surface area contributed by atoms with Gasteiger partial charge in [-0.25, -0.2) is 0 Å². The highest BCUT2D eigenvalue weighted by molar-refractivity contribution is 7.81. The molecule has 0 bridgehead atoms. The average molecular weight is 431 g/mol. The second-order valence-corrected chi connectivity index (χ2v) is 9.43. The smallest absolute Gasteiger partial charge is 0.0695 e. The molecule has 0 nitrogen and oxygen atoms in total. The van der Waals surface area contributed by atoms with Crippen LogP contribution in [-0.4, -0.2) is 0 Å². The van der Waals surface area contributed by atoms with E-state index in [0.29, 0.717) is 5.92 Å². The van der Waals surface area contributed by atoms with Gasteiger partial charge in [0.05, 0.1) is 4.75 Å². The van der Waals surface area contributed by atoms with Crippen LogP contribution in [0.2, 0.25) is 0 Å². The second kappa shape index (κ2) is 12.8. The molecule has 0 aliphatic heterocycles. The Morgan fingerprint density at radius 1 is 0.581 bits per heavy atom. The third-order valence-corrected chi connectivity index (χ3v) is 7.31. The van der Waals surface area contributed by atoms with Gasteiger partial charge in [-0.15, -0.1) is 0 Å². The van der Waals surface area contributed by atoms with Crippen molar-refractivity contribution >= 4 is 12.6 Å². The first-order valence-corrected chi connectivity index (χ1v) is 12.6. The molecule has 0 aromatic heterocycles. The summed E-state index contributed by atoms with van der Waals surface area (Å²) < 4.78 is -0.356. The maximum absolute atomic E-state index is 5.49. The van der Waals surface area contributed by atoms with Crippen molar-refractivity contribution in [1.82, 2.24) is 0 Å². The van der Waals surface area contributed by atoms with E-state index in [1.165, 1.54) is 68.1 Å². The number of hydrogen-bond acceptors (Lipinski definition) is 1. The third kappa shape index (κ3) is 6.50. The summed E-state index contributed by atoms with van der Waals surface area (Å²) in [6, 6.07) is 32.7. The van der Waals surface area contributed by atoms with Gasteiger partial charge in [0.2, 0.25) is 0 Å². The first-order chi connectivity index (χ1) is 15.3. The molecule has 0 radical (unpaired) electrons. The molecule has 0 amide bonds. The van der Waals surface area contributed by atoms with Crippen LogP contribution in [0.3, 0.4) is 0 Å². The van der Waals surface area contributed by atoms with Crippen LogP contribution in [0.1, 0.15) is 87.3 Å². The lowest BCUT2D eigenvalue weighted by atomic mass is 9.74. The van der Waals surface area contributed by atoms with Crippen molar-refractivity contribution in [2.45, 2.75) is 75.4 Å². The predicted molar refractivity (Wildman–Crippen MR) is 139 cm³/mol. The molecule has 0 N–H and O–H groups in total. The zero-order valence-electron chi connectivity index (χ0n) is 19.0. The standard InChI is InChI=1S/C30H38S/c1-2-3-4-5-6-7-8-18-25-29(26-19-12-9-13-20-26)30(31,27-21-14-10-15-22-27)28-23-16-11-17-24-28/h9-17,19-24,29,31H,2-8,18,25H2,1H3. The molecule has 31 heavy (non-hydrogen) atoms. The Morgan fingerprint density at radius 2 is 1.00 bits per heavy atom. The number of hydrogen-bond donors (Lipinski definition) is 1. The Bertz CT molecular complexity index is 802. The maximum Gasteiger partial charge on any atom is 0.0695 e. The molecule has 0 heterocycles. The van der Waals surface area contributed by atoms with Gasteiger partial charge >= 0.3 is 0 Å². The van der Waals surface area contributed by atoms with Crippen LogP contribution in [0.5, 0.6) is 0 Å². The van der Waals surface area contributed by atoms with Crippen molar-refractivity contribution < 1.29 is 0 Å². The Balaban J connectivity index is 1.82. The quantitative estimate of drug-likeness (QED) is 0.203. The molecule has 3 aromatic carbocycles. The highest BCUT2D eigenvalue weighted by atomic mass is 32.1. The minimum atomic E-state index is -0.356. The summed E-state index contributed by atoms with van der Waals surface area (Å²) in [5.74, 6) is 0.321. The largest absolute Gasteiger partial charge is 0.162 e. The van der Waals surface area contributed by atoms with Gasteiger partial charge in [-0.3, -0.25) is 0 Å². The Labute approximate surface area is 195 Å². The van der Waals surface area contributed by atoms with Crippen LogP contribution in [0.15, 0.2) is 91.0 Å². The number of benzene rings is 3. The van der Waals surface area contributed by atoms with Crippen LogP contribution < -0.4 is 0 Å². The highest BCUT2D eigenvalue weighted by Crippen LogP contribution is 2.50. The SMILES string of the molecule is CCCCCCCCCCC(c1ccccc1)C(S)(c1ccccc1)c1ccccc1. The lowest BCUT2D eigenvalue weighted by Gasteiger charge is -2.39. The summed E-state index contributed by atoms with van der Waals surface area (Å²) in [4.78, 5) is 0. The summed E-state index contributed by atoms with van der Waals surface area (Å²) in [7, 11) is 0. The molecule has 0 saturated heterocycles. The number of unbranched alkanes of at least 4 members (excludes halogenated alkanes) is 7. The number of rotatable bonds is 13. The molecule has 0 aliphatic carbocycles. The van der Waals surface area contributed by atoms with Crippen molar-refractivity contribution in [3.8, 4) is 0 Å². The average Bonchev–Trinajstić information content (AvgIpc) is 2.84. The first kappa shape index (κ1) is 23.7. The minimum absolute atomic E-state index is 0.321. The summed E-state index contributed by atoms with van der Waals surface area (Å²) in [5, 5.41) is 0. The van der Waals surface area contributed by atoms with Gasteiger partial charge in [0.15, 0.2) is 0 Å². The van der Waals surface area contributed by atoms with Crippen molar-refractivity contribution in [1.29, 1.82) is 0 Å². The van der Waals surface area contributed by atoms with Gasteiger partial charge in [0.1, 0.15) is 0 Å². The van der Waals surface area contributed by atoms with E-state index >= 15 is 0 Å². The zero-order chi connectivity index (χ0) is 21.8. The molecular formula is C30H38S. The first-order valence-electron chi connectivity index (χ1n) is 12.1. The molecule has 3 aromatic rings. The molecule has 1 atom stereocenters. The fraction of sp³-hybridized carbons (Fsp3) is 0.400. The van der Waals surface area contributed by atoms with Crippen LogP contribution in [0, 0.1) is 0 Å². The highest BCUT2D eigenvalue weighted by Gasteiger charge is 2.39. The molecular weight excluding hydrogens is 392 g/mol. The third-order valence-electron chi connectivity index (χ3n) is 6.48. The predicted octanol–water partition coefficient (Wildman–Crippen LogP) is 9.17. The fourth-order valence-corrected chi connectivity index (χ4v) is 5.31. The van der Waals surface area contributed by atoms with Crippen molar-refractivity contribution in [2.24, 2.45) is 0 Å². The molecule has 164 valence electrons. The van der Waals surface area contributed by atoms with Gasteiger partial charge in [-0.05, 0) is 23.1 Å². The summed E-state index contributed by atoms with van der Waals surface area (Å²) >= 11 is 5.49. The van der Waals surface area contributed by atoms with Gasteiger partial charge in [-0.2, -0.15) is 12.6 Å². The summed E-state index contributed by atoms with van der Waals surface area (Å²) in [5.41, 5.74) is 3.93. The van der Waals surface area contributed by atoms with Crippen LogP contribution in [-0.2, 0) is 4.75 Å². The fourth-order valence-electron chi connectivity index (χ4n) is 4.74. The minimum Gasteiger partial charge on any atom is -0.162 e. The van der Waals surface area contributed by atoms with E-state index in [9.17, 15) is 0 Å². The van der Waals surface area contributed by atoms with Gasteiger partial charge in [0, 0.05) is 5.92 Å². The summed E-state index contributed by atoms with van der Waals surface area (Å²) in [6.07, 6.45) is 11.9. The summed E-state index contributed by atoms with van der Waals surface area (Å²) in [6.45, 7) is 2.28. The van der Waals surface area contributed by atoms with Crippen LogP contribution in [0.4, 0.5) is 0 Å². The lowest BCUT2D eigenvalue weighted by molar-refractivity contribution is 0.480. The molecule has 1 heteroatoms. The molecule has 0 fully saturated rings. The normalized spacial score (nSPS) is 12.6. The van der Waals surface area contributed by atoms with Crippen molar-refractivity contribution in [2.75, 3.05) is 0 Å². The van der Waals surface area contributed by atoms with Crippen LogP contribution in [0.25, 0.3) is 0 Å². The van der Waals surface area contributed by atoms with Crippen LogP contribution >= 0.6 is 12.6 Å². The van der Waals surface area contributed by atoms with E-state index in [4.69, 9.17) is 12.6 Å². The van der Waals surface area contributed by atoms with E-state index in [2.05, 4.69) is 97.9 Å². The maximum atomic E-state index is 5.49. The van der Waals surface area contributed by atoms with E-state index in [1.54, 1.807) is 0 Å². The molecule has 0 aliphatic rings. The van der Waals surface area contributed by atoms with E-state index in [0.717, 1.165) is 6.42 Å². The topological polar surface area (TPSA) is 0 Å². The van der Waals surface area contributed by atoms with E-state index < -0.39 is 0 Å². The Morgan fingerprint density at radius 3 is 1.48 bits per heavy atom. The van der Waals surface area contributed by atoms with Crippen molar-refractivity contribution in [3.63, 3.8) is 0 Å². The van der Waals surface area contributed by atoms with E-state index in [-0.39, 0.29) is 4.75 Å². The van der Waals surface area contributed by atoms with E-state index in [1.807, 2.05) is 0 Å². The van der Waals surface area contributed by atoms with Gasteiger partial charge in [0.25, 0.3) is 0 Å². The lowest BCUT2D eigenvalue weighted by Crippen LogP contribution is -2.29. The van der Waals surface area contributed by atoms with Gasteiger partial charge < -0.3 is 0 Å². The number of thiol groups is 1. The molecule has 0 saturated carbocycles. The monoisotopic (exact) mass is 430 g/mol. The van der Waals surface area contributed by atoms with Gasteiger partial charge in [-0.1, -0.05) is 149 Å². The Kier molecular flexibility index (Phi) is 9.75. The Hall–Kier alpha value is -1.99. The molecule has 0 spiro atoms. The second-order valence-electron chi connectivity index (χ2n) is 8.73. The molecule has 3 rings (SSSR count). The van der Waals surface area contributed by atoms with Crippen molar-refractivity contribution in [3.05, 3.63) is 108 Å². The molecule has 1 unspecified atom stereocenters. The zero-order valence-corrected chi connectivity index (χ0v) is 19.9.